The fraction of sp³-hybridized carbons (Fsp3) is 0.422. The molecule has 16 nitrogen and oxygen atoms in total. The van der Waals surface area contributed by atoms with Gasteiger partial charge in [0.2, 0.25) is 5.88 Å². The minimum absolute atomic E-state index is 0.131. The molecule has 2 aromatic carbocycles. The van der Waals surface area contributed by atoms with Crippen molar-refractivity contribution in [2.24, 2.45) is 7.05 Å². The number of rotatable bonds is 28. The predicted molar refractivity (Wildman–Crippen MR) is 231 cm³/mol. The number of likely N-dealkylation sites (N-methyl/N-ethyl adjacent to an activating group) is 1. The Hall–Kier alpha value is -5.62. The van der Waals surface area contributed by atoms with E-state index in [0.29, 0.717) is 103 Å². The zero-order chi connectivity index (χ0) is 43.7. The lowest BCUT2D eigenvalue weighted by atomic mass is 10.0. The first-order valence-electron chi connectivity index (χ1n) is 20.1. The number of carbonyl (C=O) groups is 4. The topological polar surface area (TPSA) is 179 Å². The maximum absolute atomic E-state index is 12.9. The third-order valence-corrected chi connectivity index (χ3v) is 9.28. The zero-order valence-electron chi connectivity index (χ0n) is 35.4. The molecule has 5 aromatic rings. The van der Waals surface area contributed by atoms with E-state index in [1.165, 1.54) is 29.5 Å². The van der Waals surface area contributed by atoms with Crippen molar-refractivity contribution in [2.45, 2.75) is 18.9 Å². The summed E-state index contributed by atoms with van der Waals surface area (Å²) in [6.45, 7) is 4.67. The van der Waals surface area contributed by atoms with Crippen molar-refractivity contribution in [1.82, 2.24) is 24.8 Å². The average Bonchev–Trinajstić information content (AvgIpc) is 3.57. The third kappa shape index (κ3) is 15.1. The number of carbonyl (C=O) groups excluding carboxylic acids is 4. The van der Waals surface area contributed by atoms with Gasteiger partial charge in [-0.2, -0.15) is 0 Å². The Labute approximate surface area is 356 Å². The first-order valence-corrected chi connectivity index (χ1v) is 20.1. The molecule has 0 saturated heterocycles. The lowest BCUT2D eigenvalue weighted by Gasteiger charge is -2.24. The van der Waals surface area contributed by atoms with Gasteiger partial charge in [-0.1, -0.05) is 12.1 Å². The van der Waals surface area contributed by atoms with E-state index in [1.807, 2.05) is 50.9 Å². The summed E-state index contributed by atoms with van der Waals surface area (Å²) >= 11 is 0. The number of aromatic nitrogens is 3. The van der Waals surface area contributed by atoms with E-state index >= 15 is 0 Å². The van der Waals surface area contributed by atoms with Crippen molar-refractivity contribution in [3.63, 3.8) is 0 Å². The molecule has 0 saturated carbocycles. The Morgan fingerprint density at radius 1 is 0.721 bits per heavy atom. The van der Waals surface area contributed by atoms with Crippen LogP contribution in [0, 0.1) is 0 Å². The summed E-state index contributed by atoms with van der Waals surface area (Å²) in [4.78, 5) is 56.5. The highest BCUT2D eigenvalue weighted by atomic mass is 16.6. The number of aldehydes is 3. The smallest absolute Gasteiger partial charge is 0.254 e. The van der Waals surface area contributed by atoms with Crippen LogP contribution in [0.3, 0.4) is 0 Å². The number of nitrogens with zero attached hydrogens (tertiary/aromatic N) is 4. The molecule has 5 rings (SSSR count). The number of hydrogen-bond acceptors (Lipinski definition) is 14. The van der Waals surface area contributed by atoms with Gasteiger partial charge in [0.05, 0.1) is 83.2 Å². The molecule has 0 aliphatic heterocycles. The maximum Gasteiger partial charge on any atom is 0.254 e. The molecule has 0 aliphatic rings. The summed E-state index contributed by atoms with van der Waals surface area (Å²) in [6.07, 6.45) is 7.75. The van der Waals surface area contributed by atoms with Gasteiger partial charge >= 0.3 is 0 Å². The summed E-state index contributed by atoms with van der Waals surface area (Å²) in [5.74, 6) is 0.437. The van der Waals surface area contributed by atoms with Gasteiger partial charge in [-0.3, -0.25) is 14.6 Å². The van der Waals surface area contributed by atoms with Crippen LogP contribution in [0.25, 0.3) is 32.9 Å². The van der Waals surface area contributed by atoms with Crippen molar-refractivity contribution in [2.75, 3.05) is 100 Å². The molecule has 0 aliphatic carbocycles. The van der Waals surface area contributed by atoms with Crippen molar-refractivity contribution < 1.29 is 52.3 Å². The van der Waals surface area contributed by atoms with E-state index in [1.54, 1.807) is 6.07 Å². The minimum Gasteiger partial charge on any atom is -0.491 e. The summed E-state index contributed by atoms with van der Waals surface area (Å²) in [7, 11) is 7.27. The maximum atomic E-state index is 12.9. The molecule has 16 heteroatoms. The fourth-order valence-electron chi connectivity index (χ4n) is 6.13. The van der Waals surface area contributed by atoms with Gasteiger partial charge in [-0.15, -0.1) is 0 Å². The van der Waals surface area contributed by atoms with Crippen LogP contribution in [-0.4, -0.2) is 151 Å². The molecule has 1 N–H and O–H groups in total. The second kappa shape index (κ2) is 27.3. The molecule has 0 bridgehead atoms. The highest BCUT2D eigenvalue weighted by Crippen LogP contribution is 2.31. The number of ether oxygens (including phenoxy) is 7. The van der Waals surface area contributed by atoms with E-state index < -0.39 is 11.9 Å². The van der Waals surface area contributed by atoms with E-state index in [2.05, 4.69) is 45.1 Å². The van der Waals surface area contributed by atoms with Gasteiger partial charge in [0.25, 0.3) is 5.91 Å². The first kappa shape index (κ1) is 48.1. The second-order valence-corrected chi connectivity index (χ2v) is 13.6. The number of aryl methyl sites for hydroxylation is 1. The molecule has 1 atom stereocenters. The van der Waals surface area contributed by atoms with E-state index in [0.717, 1.165) is 27.5 Å². The minimum atomic E-state index is -0.767. The van der Waals surface area contributed by atoms with E-state index in [-0.39, 0.29) is 30.6 Å². The van der Waals surface area contributed by atoms with Crippen molar-refractivity contribution in [3.8, 4) is 22.8 Å². The molecule has 3 aromatic heterocycles. The second-order valence-electron chi connectivity index (χ2n) is 13.6. The molecule has 0 fully saturated rings. The molecule has 1 unspecified atom stereocenters. The van der Waals surface area contributed by atoms with Crippen LogP contribution in [0.15, 0.2) is 73.2 Å². The van der Waals surface area contributed by atoms with Crippen molar-refractivity contribution >= 4 is 46.6 Å². The quantitative estimate of drug-likeness (QED) is 0.0546. The highest BCUT2D eigenvalue weighted by Gasteiger charge is 2.23. The van der Waals surface area contributed by atoms with Crippen LogP contribution < -0.4 is 14.8 Å². The average molecular weight is 844 g/mol. The van der Waals surface area contributed by atoms with Crippen LogP contribution in [-0.2, 0) is 40.3 Å². The largest absolute Gasteiger partial charge is 0.491 e. The van der Waals surface area contributed by atoms with Crippen LogP contribution in [0.5, 0.6) is 11.6 Å². The van der Waals surface area contributed by atoms with Gasteiger partial charge in [-0.05, 0) is 62.5 Å². The SMILES string of the molecule is CN(C(=O)c1ccc(OCCOCCOCCOCCOCCOCCOc2ccc(-c3ccc4c5cnccc5n(C)c4c3)cn2)cc1C=O)C(C=O)CCC=O.CNC. The zero-order valence-corrected chi connectivity index (χ0v) is 35.4. The normalized spacial score (nSPS) is 11.5. The van der Waals surface area contributed by atoms with Crippen LogP contribution in [0.1, 0.15) is 33.6 Å². The molecule has 61 heavy (non-hydrogen) atoms. The summed E-state index contributed by atoms with van der Waals surface area (Å²) in [5, 5.41) is 5.06. The van der Waals surface area contributed by atoms with Gasteiger partial charge in [0.15, 0.2) is 6.29 Å². The van der Waals surface area contributed by atoms with Gasteiger partial charge < -0.3 is 57.5 Å². The molecule has 3 heterocycles. The molecule has 1 amide bonds. The lowest BCUT2D eigenvalue weighted by Crippen LogP contribution is -2.38. The Bertz CT molecular complexity index is 2090. The number of amides is 1. The number of benzene rings is 2. The van der Waals surface area contributed by atoms with Crippen LogP contribution >= 0.6 is 0 Å². The van der Waals surface area contributed by atoms with Gasteiger partial charge in [0.1, 0.15) is 31.5 Å². The van der Waals surface area contributed by atoms with Gasteiger partial charge in [-0.25, -0.2) is 4.98 Å². The summed E-state index contributed by atoms with van der Waals surface area (Å²) in [5.41, 5.74) is 4.65. The van der Waals surface area contributed by atoms with E-state index in [4.69, 9.17) is 33.2 Å². The highest BCUT2D eigenvalue weighted by molar-refractivity contribution is 6.08. The van der Waals surface area contributed by atoms with Crippen LogP contribution in [0.4, 0.5) is 0 Å². The number of hydrogen-bond donors (Lipinski definition) is 1. The molecular formula is C45H57N5O11. The molecule has 0 radical (unpaired) electrons. The Morgan fingerprint density at radius 2 is 1.33 bits per heavy atom. The van der Waals surface area contributed by atoms with Crippen LogP contribution in [0.2, 0.25) is 0 Å². The lowest BCUT2D eigenvalue weighted by molar-refractivity contribution is -0.112. The first-order chi connectivity index (χ1) is 29.9. The molecular weight excluding hydrogens is 787 g/mol. The monoisotopic (exact) mass is 843 g/mol. The third-order valence-electron chi connectivity index (χ3n) is 9.28. The Morgan fingerprint density at radius 3 is 1.90 bits per heavy atom. The predicted octanol–water partition coefficient (Wildman–Crippen LogP) is 4.60. The summed E-state index contributed by atoms with van der Waals surface area (Å²) < 4.78 is 41.3. The standard InChI is InChI=1S/C43H50N4O11.C2H7N/c1-46(35(31-50)4-3-13-48)43(51)37-9-7-36(26-34(37)30-49)57-24-22-55-20-18-53-16-14-52-15-17-54-19-21-56-23-25-58-42-10-6-33(28-45-42)32-5-8-38-39-29-44-12-11-40(39)47(2)41(38)27-32;1-3-2/h5-13,26-31,35H,3-4,14-25H2,1-2H3;3H,1-2H3. The molecule has 0 spiro atoms. The fourth-order valence-corrected chi connectivity index (χ4v) is 6.13. The van der Waals surface area contributed by atoms with Gasteiger partial charge in [0, 0.05) is 72.6 Å². The van der Waals surface area contributed by atoms with Crippen molar-refractivity contribution in [3.05, 3.63) is 84.3 Å². The molecule has 328 valence electrons. The Balaban J connectivity index is 0.00000265. The Kier molecular flexibility index (Phi) is 21.5. The van der Waals surface area contributed by atoms with E-state index in [9.17, 15) is 19.2 Å². The summed E-state index contributed by atoms with van der Waals surface area (Å²) in [6, 6.07) is 16.0. The van der Waals surface area contributed by atoms with Crippen molar-refractivity contribution in [1.29, 1.82) is 0 Å². The number of pyridine rings is 2. The number of nitrogens with one attached hydrogen (secondary N) is 1. The number of fused-ring (bicyclic) bond motifs is 3.